The highest BCUT2D eigenvalue weighted by Crippen LogP contribution is 2.42. The molecule has 9 nitrogen and oxygen atoms in total. The summed E-state index contributed by atoms with van der Waals surface area (Å²) in [5.41, 5.74) is 3.50. The average molecular weight is 492 g/mol. The van der Waals surface area contributed by atoms with Crippen molar-refractivity contribution in [1.82, 2.24) is 25.2 Å². The summed E-state index contributed by atoms with van der Waals surface area (Å²) in [6, 6.07) is 6.14. The second-order valence-corrected chi connectivity index (χ2v) is 11.0. The van der Waals surface area contributed by atoms with E-state index in [2.05, 4.69) is 43.1 Å². The number of hydrogen-bond acceptors (Lipinski definition) is 9. The Labute approximate surface area is 208 Å². The fourth-order valence-electron chi connectivity index (χ4n) is 4.81. The van der Waals surface area contributed by atoms with Gasteiger partial charge in [-0.15, -0.1) is 0 Å². The van der Waals surface area contributed by atoms with Crippen molar-refractivity contribution in [2.24, 2.45) is 0 Å². The van der Waals surface area contributed by atoms with E-state index in [1.54, 1.807) is 0 Å². The van der Waals surface area contributed by atoms with Crippen molar-refractivity contribution in [2.75, 3.05) is 56.2 Å². The predicted octanol–water partition coefficient (Wildman–Crippen LogP) is 2.95. The number of hydrogen-bond donors (Lipinski definition) is 1. The molecule has 0 atom stereocenters. The molecule has 2 aromatic heterocycles. The average Bonchev–Trinajstić information content (AvgIpc) is 3.27. The van der Waals surface area contributed by atoms with Crippen LogP contribution in [0.1, 0.15) is 29.2 Å². The molecule has 0 aliphatic carbocycles. The first-order valence-electron chi connectivity index (χ1n) is 12.0. The van der Waals surface area contributed by atoms with Gasteiger partial charge < -0.3 is 24.8 Å². The van der Waals surface area contributed by atoms with Crippen LogP contribution in [0.25, 0.3) is 11.1 Å². The third-order valence-corrected chi connectivity index (χ3v) is 7.88. The van der Waals surface area contributed by atoms with E-state index in [0.29, 0.717) is 18.0 Å². The van der Waals surface area contributed by atoms with E-state index in [4.69, 9.17) is 9.72 Å². The summed E-state index contributed by atoms with van der Waals surface area (Å²) in [6.07, 6.45) is 4.51. The number of aromatic nitrogens is 3. The third kappa shape index (κ3) is 4.21. The monoisotopic (exact) mass is 491 g/mol. The Bertz CT molecular complexity index is 1270. The molecule has 6 rings (SSSR count). The molecule has 0 unspecified atom stereocenters. The Morgan fingerprint density at radius 2 is 1.83 bits per heavy atom. The van der Waals surface area contributed by atoms with E-state index in [1.807, 2.05) is 38.4 Å². The van der Waals surface area contributed by atoms with Crippen LogP contribution in [-0.4, -0.2) is 77.7 Å². The summed E-state index contributed by atoms with van der Waals surface area (Å²) < 4.78 is 5.94. The third-order valence-electron chi connectivity index (χ3n) is 6.76. The van der Waals surface area contributed by atoms with Crippen LogP contribution in [0, 0.1) is 0 Å². The molecule has 3 aromatic rings. The Balaban J connectivity index is 1.29. The summed E-state index contributed by atoms with van der Waals surface area (Å²) in [4.78, 5) is 34.2. The lowest BCUT2D eigenvalue weighted by atomic mass is 9.94. The second-order valence-electron chi connectivity index (χ2n) is 10.0. The molecule has 10 heteroatoms. The molecule has 1 fully saturated rings. The van der Waals surface area contributed by atoms with E-state index in [9.17, 15) is 4.79 Å². The highest BCUT2D eigenvalue weighted by Gasteiger charge is 2.35. The quantitative estimate of drug-likeness (QED) is 0.599. The van der Waals surface area contributed by atoms with E-state index in [-0.39, 0.29) is 11.4 Å². The zero-order valence-corrected chi connectivity index (χ0v) is 21.1. The number of nitrogens with one attached hydrogen (secondary N) is 1. The predicted molar refractivity (Wildman–Crippen MR) is 137 cm³/mol. The van der Waals surface area contributed by atoms with Crippen LogP contribution < -0.4 is 19.9 Å². The molecular formula is C25H29N7O2S. The fraction of sp³-hybridized carbons (Fsp3) is 0.440. The number of fused-ring (bicyclic) bond motifs is 2. The van der Waals surface area contributed by atoms with Gasteiger partial charge >= 0.3 is 0 Å². The van der Waals surface area contributed by atoms with Crippen LogP contribution in [-0.2, 0) is 6.42 Å². The molecule has 0 bridgehead atoms. The molecule has 1 aromatic carbocycles. The van der Waals surface area contributed by atoms with Gasteiger partial charge in [0.1, 0.15) is 17.2 Å². The lowest BCUT2D eigenvalue weighted by molar-refractivity contribution is 0.0901. The normalized spacial score (nSPS) is 19.6. The van der Waals surface area contributed by atoms with E-state index in [0.717, 1.165) is 71.9 Å². The van der Waals surface area contributed by atoms with Crippen molar-refractivity contribution in [3.8, 4) is 16.9 Å². The Morgan fingerprint density at radius 3 is 2.60 bits per heavy atom. The highest BCUT2D eigenvalue weighted by molar-refractivity contribution is 7.17. The summed E-state index contributed by atoms with van der Waals surface area (Å²) >= 11 is 1.45. The van der Waals surface area contributed by atoms with Crippen molar-refractivity contribution in [3.05, 3.63) is 41.2 Å². The van der Waals surface area contributed by atoms with Gasteiger partial charge in [0.15, 0.2) is 5.13 Å². The fourth-order valence-corrected chi connectivity index (χ4v) is 5.83. The smallest absolute Gasteiger partial charge is 0.263 e. The SMILES string of the molecule is CN1CCN(c2ncc(-c3ccc4c(c3)N(c3nc5c(s3)C(=O)NC(C)(C)C5)CCO4)cn2)CC1. The van der Waals surface area contributed by atoms with Gasteiger partial charge in [-0.2, -0.15) is 0 Å². The van der Waals surface area contributed by atoms with Crippen LogP contribution in [0.2, 0.25) is 0 Å². The molecule has 35 heavy (non-hydrogen) atoms. The minimum Gasteiger partial charge on any atom is -0.490 e. The van der Waals surface area contributed by atoms with Gasteiger partial charge in [-0.3, -0.25) is 4.79 Å². The van der Waals surface area contributed by atoms with Gasteiger partial charge in [-0.1, -0.05) is 17.4 Å². The lowest BCUT2D eigenvalue weighted by Gasteiger charge is -2.32. The molecular weight excluding hydrogens is 462 g/mol. The minimum atomic E-state index is -0.290. The molecule has 1 saturated heterocycles. The first-order chi connectivity index (χ1) is 16.9. The maximum atomic E-state index is 12.6. The Hall–Kier alpha value is -3.24. The van der Waals surface area contributed by atoms with Crippen molar-refractivity contribution in [1.29, 1.82) is 0 Å². The number of thiazole rings is 1. The standard InChI is InChI=1S/C25H29N7O2S/c1-25(2)13-18-21(22(33)29-25)35-24(28-18)32-10-11-34-20-5-4-16(12-19(20)32)17-14-26-23(27-15-17)31-8-6-30(3)7-9-31/h4-5,12,14-15H,6-11,13H2,1-3H3,(H,29,33). The highest BCUT2D eigenvalue weighted by atomic mass is 32.1. The number of carbonyl (C=O) groups is 1. The Morgan fingerprint density at radius 1 is 1.06 bits per heavy atom. The first kappa shape index (κ1) is 22.2. The Kier molecular flexibility index (Phi) is 5.37. The maximum absolute atomic E-state index is 12.6. The van der Waals surface area contributed by atoms with Gasteiger partial charge in [-0.05, 0) is 38.6 Å². The van der Waals surface area contributed by atoms with Gasteiger partial charge in [0.05, 0.1) is 17.9 Å². The van der Waals surface area contributed by atoms with Crippen LogP contribution in [0.4, 0.5) is 16.8 Å². The van der Waals surface area contributed by atoms with Gasteiger partial charge in [-0.25, -0.2) is 15.0 Å². The lowest BCUT2D eigenvalue weighted by Crippen LogP contribution is -2.48. The zero-order valence-electron chi connectivity index (χ0n) is 20.2. The number of ether oxygens (including phenoxy) is 1. The number of rotatable bonds is 3. The van der Waals surface area contributed by atoms with Gasteiger partial charge in [0.2, 0.25) is 5.95 Å². The second kappa shape index (κ2) is 8.46. The molecule has 1 N–H and O–H groups in total. The summed E-state index contributed by atoms with van der Waals surface area (Å²) in [5.74, 6) is 1.55. The van der Waals surface area contributed by atoms with Crippen LogP contribution in [0.5, 0.6) is 5.75 Å². The number of nitrogens with zero attached hydrogens (tertiary/aromatic N) is 6. The van der Waals surface area contributed by atoms with Gasteiger partial charge in [0.25, 0.3) is 5.91 Å². The summed E-state index contributed by atoms with van der Waals surface area (Å²) in [5, 5.41) is 3.90. The number of carbonyl (C=O) groups excluding carboxylic acids is 1. The molecule has 182 valence electrons. The van der Waals surface area contributed by atoms with Crippen molar-refractivity contribution >= 4 is 34.0 Å². The van der Waals surface area contributed by atoms with Crippen LogP contribution >= 0.6 is 11.3 Å². The van der Waals surface area contributed by atoms with Crippen molar-refractivity contribution in [2.45, 2.75) is 25.8 Å². The molecule has 3 aliphatic rings. The maximum Gasteiger partial charge on any atom is 0.263 e. The number of anilines is 3. The molecule has 1 amide bonds. The van der Waals surface area contributed by atoms with Crippen molar-refractivity contribution < 1.29 is 9.53 Å². The number of benzene rings is 1. The van der Waals surface area contributed by atoms with Crippen molar-refractivity contribution in [3.63, 3.8) is 0 Å². The molecule has 0 radical (unpaired) electrons. The van der Waals surface area contributed by atoms with E-state index < -0.39 is 0 Å². The zero-order chi connectivity index (χ0) is 24.2. The number of amides is 1. The minimum absolute atomic E-state index is 0.0418. The van der Waals surface area contributed by atoms with E-state index >= 15 is 0 Å². The molecule has 5 heterocycles. The number of likely N-dealkylation sites (N-methyl/N-ethyl adjacent to an activating group) is 1. The van der Waals surface area contributed by atoms with Crippen LogP contribution in [0.3, 0.4) is 0 Å². The molecule has 3 aliphatic heterocycles. The first-order valence-corrected chi connectivity index (χ1v) is 12.8. The largest absolute Gasteiger partial charge is 0.490 e. The summed E-state index contributed by atoms with van der Waals surface area (Å²) in [7, 11) is 2.14. The van der Waals surface area contributed by atoms with E-state index in [1.165, 1.54) is 11.3 Å². The van der Waals surface area contributed by atoms with Crippen LogP contribution in [0.15, 0.2) is 30.6 Å². The topological polar surface area (TPSA) is 86.7 Å². The van der Waals surface area contributed by atoms with Gasteiger partial charge in [0, 0.05) is 56.1 Å². The molecule has 0 saturated carbocycles. The molecule has 0 spiro atoms. The number of piperazine rings is 1. The summed E-state index contributed by atoms with van der Waals surface area (Å²) in [6.45, 7) is 9.21.